The minimum Gasteiger partial charge on any atom is -0.322 e. The van der Waals surface area contributed by atoms with Crippen molar-refractivity contribution < 1.29 is 4.79 Å². The van der Waals surface area contributed by atoms with E-state index in [4.69, 9.17) is 4.98 Å². The number of anilines is 1. The Kier molecular flexibility index (Phi) is 5.09. The number of hydrogen-bond acceptors (Lipinski definition) is 4. The number of hydrogen-bond donors (Lipinski definition) is 1. The van der Waals surface area contributed by atoms with Crippen LogP contribution < -0.4 is 5.32 Å². The predicted molar refractivity (Wildman–Crippen MR) is 113 cm³/mol. The molecule has 0 aliphatic carbocycles. The fraction of sp³-hybridized carbons (Fsp3) is 0. The average Bonchev–Trinajstić information content (AvgIpc) is 3.19. The second-order valence-corrected chi connectivity index (χ2v) is 7.59. The lowest BCUT2D eigenvalue weighted by Gasteiger charge is -2.07. The van der Waals surface area contributed by atoms with E-state index in [1.54, 1.807) is 35.9 Å². The molecule has 27 heavy (non-hydrogen) atoms. The molecule has 0 spiro atoms. The maximum Gasteiger partial charge on any atom is 0.255 e. The maximum atomic E-state index is 12.5. The van der Waals surface area contributed by atoms with Crippen molar-refractivity contribution >= 4 is 38.9 Å². The van der Waals surface area contributed by atoms with Crippen LogP contribution >= 0.6 is 27.3 Å². The average molecular weight is 436 g/mol. The first-order chi connectivity index (χ1) is 13.2. The van der Waals surface area contributed by atoms with E-state index in [0.29, 0.717) is 5.56 Å². The Hall–Kier alpha value is -2.83. The van der Waals surface area contributed by atoms with Crippen LogP contribution in [0.15, 0.2) is 82.9 Å². The topological polar surface area (TPSA) is 54.9 Å². The first kappa shape index (κ1) is 17.6. The molecule has 1 N–H and O–H groups in total. The molecule has 0 saturated carbocycles. The molecule has 1 amide bonds. The van der Waals surface area contributed by atoms with Gasteiger partial charge in [0.05, 0.1) is 5.69 Å². The van der Waals surface area contributed by atoms with Crippen molar-refractivity contribution in [3.8, 4) is 21.8 Å². The maximum absolute atomic E-state index is 12.5. The Morgan fingerprint density at radius 2 is 1.78 bits per heavy atom. The highest BCUT2D eigenvalue weighted by atomic mass is 79.9. The molecule has 2 aromatic carbocycles. The van der Waals surface area contributed by atoms with Crippen LogP contribution in [0.2, 0.25) is 0 Å². The highest BCUT2D eigenvalue weighted by molar-refractivity contribution is 9.10. The molecule has 0 unspecified atom stereocenters. The van der Waals surface area contributed by atoms with Gasteiger partial charge in [-0.1, -0.05) is 34.1 Å². The third-order valence-corrected chi connectivity index (χ3v) is 5.32. The molecule has 4 aromatic rings. The third-order valence-electron chi connectivity index (χ3n) is 3.93. The standard InChI is InChI=1S/C21H14BrN3OS/c22-17-5-1-4-16(11-17)20(26)24-18-6-2-3-15(12-18)19-13-27-21(25-19)14-7-9-23-10-8-14/h1-13H,(H,24,26). The highest BCUT2D eigenvalue weighted by Crippen LogP contribution is 2.29. The third kappa shape index (κ3) is 4.13. The molecule has 4 nitrogen and oxygen atoms in total. The number of amides is 1. The number of carbonyl (C=O) groups excluding carboxylic acids is 1. The summed E-state index contributed by atoms with van der Waals surface area (Å²) in [6.07, 6.45) is 3.52. The molecule has 0 fully saturated rings. The number of nitrogens with one attached hydrogen (secondary N) is 1. The normalized spacial score (nSPS) is 10.6. The minimum absolute atomic E-state index is 0.149. The first-order valence-electron chi connectivity index (χ1n) is 8.22. The molecule has 2 aromatic heterocycles. The van der Waals surface area contributed by atoms with Gasteiger partial charge in [-0.05, 0) is 42.5 Å². The summed E-state index contributed by atoms with van der Waals surface area (Å²) in [5.74, 6) is -0.149. The van der Waals surface area contributed by atoms with Crippen LogP contribution in [-0.2, 0) is 0 Å². The van der Waals surface area contributed by atoms with E-state index in [9.17, 15) is 4.79 Å². The minimum atomic E-state index is -0.149. The van der Waals surface area contributed by atoms with E-state index >= 15 is 0 Å². The highest BCUT2D eigenvalue weighted by Gasteiger charge is 2.10. The number of aromatic nitrogens is 2. The number of carbonyl (C=O) groups is 1. The lowest BCUT2D eigenvalue weighted by Crippen LogP contribution is -2.11. The van der Waals surface area contributed by atoms with Crippen molar-refractivity contribution in [1.29, 1.82) is 0 Å². The van der Waals surface area contributed by atoms with E-state index < -0.39 is 0 Å². The summed E-state index contributed by atoms with van der Waals surface area (Å²) in [7, 11) is 0. The lowest BCUT2D eigenvalue weighted by molar-refractivity contribution is 0.102. The van der Waals surface area contributed by atoms with E-state index in [2.05, 4.69) is 26.2 Å². The van der Waals surface area contributed by atoms with Gasteiger partial charge in [0.25, 0.3) is 5.91 Å². The Bertz CT molecular complexity index is 1100. The fourth-order valence-corrected chi connectivity index (χ4v) is 3.86. The van der Waals surface area contributed by atoms with Crippen molar-refractivity contribution in [1.82, 2.24) is 9.97 Å². The molecule has 0 bridgehead atoms. The number of rotatable bonds is 4. The summed E-state index contributed by atoms with van der Waals surface area (Å²) in [5, 5.41) is 5.90. The molecule has 4 rings (SSSR count). The summed E-state index contributed by atoms with van der Waals surface area (Å²) in [6.45, 7) is 0. The van der Waals surface area contributed by atoms with Crippen LogP contribution in [-0.4, -0.2) is 15.9 Å². The number of benzene rings is 2. The zero-order valence-electron chi connectivity index (χ0n) is 14.1. The Morgan fingerprint density at radius 3 is 2.59 bits per heavy atom. The number of nitrogens with zero attached hydrogens (tertiary/aromatic N) is 2. The zero-order valence-corrected chi connectivity index (χ0v) is 16.5. The summed E-state index contributed by atoms with van der Waals surface area (Å²) in [6, 6.07) is 18.9. The second-order valence-electron chi connectivity index (χ2n) is 5.82. The molecule has 2 heterocycles. The summed E-state index contributed by atoms with van der Waals surface area (Å²) in [5.41, 5.74) is 4.21. The molecular formula is C21H14BrN3OS. The molecule has 0 radical (unpaired) electrons. The van der Waals surface area contributed by atoms with Crippen LogP contribution in [0.4, 0.5) is 5.69 Å². The fourth-order valence-electron chi connectivity index (χ4n) is 2.62. The number of halogens is 1. The molecule has 132 valence electrons. The van der Waals surface area contributed by atoms with Crippen LogP contribution in [0, 0.1) is 0 Å². The van der Waals surface area contributed by atoms with Crippen molar-refractivity contribution in [2.24, 2.45) is 0 Å². The van der Waals surface area contributed by atoms with Gasteiger partial charge in [0.2, 0.25) is 0 Å². The first-order valence-corrected chi connectivity index (χ1v) is 9.89. The van der Waals surface area contributed by atoms with Crippen LogP contribution in [0.25, 0.3) is 21.8 Å². The number of thiazole rings is 1. The van der Waals surface area contributed by atoms with E-state index in [0.717, 1.165) is 32.0 Å². The van der Waals surface area contributed by atoms with Crippen molar-refractivity contribution in [2.75, 3.05) is 5.32 Å². The lowest BCUT2D eigenvalue weighted by atomic mass is 10.1. The van der Waals surface area contributed by atoms with E-state index in [-0.39, 0.29) is 5.91 Å². The van der Waals surface area contributed by atoms with Gasteiger partial charge in [0.15, 0.2) is 0 Å². The van der Waals surface area contributed by atoms with Gasteiger partial charge in [-0.15, -0.1) is 11.3 Å². The Morgan fingerprint density at radius 1 is 0.963 bits per heavy atom. The monoisotopic (exact) mass is 435 g/mol. The van der Waals surface area contributed by atoms with Crippen LogP contribution in [0.5, 0.6) is 0 Å². The molecule has 0 aliphatic rings. The molecule has 0 atom stereocenters. The molecule has 0 saturated heterocycles. The SMILES string of the molecule is O=C(Nc1cccc(-c2csc(-c3ccncc3)n2)c1)c1cccc(Br)c1. The predicted octanol–water partition coefficient (Wildman–Crippen LogP) is 5.89. The smallest absolute Gasteiger partial charge is 0.255 e. The summed E-state index contributed by atoms with van der Waals surface area (Å²) >= 11 is 4.97. The second kappa shape index (κ2) is 7.82. The molecular weight excluding hydrogens is 422 g/mol. The van der Waals surface area contributed by atoms with Crippen LogP contribution in [0.3, 0.4) is 0 Å². The molecule has 6 heteroatoms. The Balaban J connectivity index is 1.56. The van der Waals surface area contributed by atoms with Gasteiger partial charge < -0.3 is 5.32 Å². The van der Waals surface area contributed by atoms with Gasteiger partial charge in [-0.3, -0.25) is 9.78 Å². The number of pyridine rings is 1. The quantitative estimate of drug-likeness (QED) is 0.434. The van der Waals surface area contributed by atoms with Gasteiger partial charge in [0, 0.05) is 44.6 Å². The van der Waals surface area contributed by atoms with Gasteiger partial charge >= 0.3 is 0 Å². The zero-order chi connectivity index (χ0) is 18.6. The summed E-state index contributed by atoms with van der Waals surface area (Å²) < 4.78 is 0.870. The Labute approximate surface area is 169 Å². The van der Waals surface area contributed by atoms with E-state index in [1.807, 2.05) is 53.9 Å². The van der Waals surface area contributed by atoms with Gasteiger partial charge in [-0.2, -0.15) is 0 Å². The van der Waals surface area contributed by atoms with Crippen molar-refractivity contribution in [2.45, 2.75) is 0 Å². The van der Waals surface area contributed by atoms with Crippen LogP contribution in [0.1, 0.15) is 10.4 Å². The van der Waals surface area contributed by atoms with Crippen molar-refractivity contribution in [3.05, 3.63) is 88.5 Å². The summed E-state index contributed by atoms with van der Waals surface area (Å²) in [4.78, 5) is 21.2. The van der Waals surface area contributed by atoms with Gasteiger partial charge in [0.1, 0.15) is 5.01 Å². The molecule has 0 aliphatic heterocycles. The van der Waals surface area contributed by atoms with Crippen molar-refractivity contribution in [3.63, 3.8) is 0 Å². The van der Waals surface area contributed by atoms with E-state index in [1.165, 1.54) is 0 Å². The van der Waals surface area contributed by atoms with Gasteiger partial charge in [-0.25, -0.2) is 4.98 Å². The largest absolute Gasteiger partial charge is 0.322 e.